The molecule has 26 heavy (non-hydrogen) atoms. The number of carbonyl (C=O) groups is 3. The normalized spacial score (nSPS) is 11.4. The van der Waals surface area contributed by atoms with Crippen molar-refractivity contribution in [3.05, 3.63) is 36.0 Å². The third-order valence-electron chi connectivity index (χ3n) is 3.67. The minimum atomic E-state index is -0.904. The maximum atomic E-state index is 12.3. The van der Waals surface area contributed by atoms with Gasteiger partial charge in [0.15, 0.2) is 6.61 Å². The van der Waals surface area contributed by atoms with Gasteiger partial charge in [-0.05, 0) is 11.6 Å². The Kier molecular flexibility index (Phi) is 6.74. The number of H-pyrrole nitrogens is 1. The van der Waals surface area contributed by atoms with Crippen LogP contribution in [0.4, 0.5) is 0 Å². The van der Waals surface area contributed by atoms with Crippen molar-refractivity contribution in [2.75, 3.05) is 13.2 Å². The van der Waals surface area contributed by atoms with Crippen LogP contribution in [-0.4, -0.2) is 42.0 Å². The number of carbonyl (C=O) groups excluding carboxylic acids is 3. The van der Waals surface area contributed by atoms with Crippen molar-refractivity contribution in [1.82, 2.24) is 15.6 Å². The second-order valence-corrected chi connectivity index (χ2v) is 5.68. The summed E-state index contributed by atoms with van der Waals surface area (Å²) in [6.07, 6.45) is 2.19. The zero-order valence-corrected chi connectivity index (χ0v) is 14.4. The molecule has 2 rings (SSSR count). The van der Waals surface area contributed by atoms with Gasteiger partial charge in [-0.3, -0.25) is 9.59 Å². The fourth-order valence-electron chi connectivity index (χ4n) is 2.51. The Morgan fingerprint density at radius 3 is 2.81 bits per heavy atom. The number of aromatic nitrogens is 1. The zero-order chi connectivity index (χ0) is 18.9. The summed E-state index contributed by atoms with van der Waals surface area (Å²) < 4.78 is 5.00. The van der Waals surface area contributed by atoms with Crippen molar-refractivity contribution in [3.63, 3.8) is 0 Å². The molecule has 8 heteroatoms. The summed E-state index contributed by atoms with van der Waals surface area (Å²) in [5, 5.41) is 14.4. The number of esters is 1. The van der Waals surface area contributed by atoms with E-state index in [-0.39, 0.29) is 25.3 Å². The number of para-hydroxylation sites is 1. The Morgan fingerprint density at radius 1 is 1.31 bits per heavy atom. The van der Waals surface area contributed by atoms with Gasteiger partial charge in [-0.1, -0.05) is 18.2 Å². The molecule has 0 aliphatic carbocycles. The van der Waals surface area contributed by atoms with Crippen LogP contribution in [-0.2, 0) is 25.5 Å². The van der Waals surface area contributed by atoms with Gasteiger partial charge in [0.05, 0.1) is 12.5 Å². The molecule has 0 fully saturated rings. The van der Waals surface area contributed by atoms with Crippen LogP contribution in [0.15, 0.2) is 30.5 Å². The van der Waals surface area contributed by atoms with Crippen LogP contribution < -0.4 is 10.6 Å². The van der Waals surface area contributed by atoms with E-state index in [4.69, 9.17) is 10.00 Å². The summed E-state index contributed by atoms with van der Waals surface area (Å²) in [6, 6.07) is 8.60. The van der Waals surface area contributed by atoms with Crippen molar-refractivity contribution in [2.45, 2.75) is 25.8 Å². The highest BCUT2D eigenvalue weighted by Gasteiger charge is 2.23. The molecule has 1 aromatic carbocycles. The number of nitrogens with zero attached hydrogens (tertiary/aromatic N) is 1. The van der Waals surface area contributed by atoms with Crippen LogP contribution in [0, 0.1) is 11.3 Å². The van der Waals surface area contributed by atoms with Crippen LogP contribution in [0.3, 0.4) is 0 Å². The molecule has 2 amide bonds. The maximum Gasteiger partial charge on any atom is 0.329 e. The van der Waals surface area contributed by atoms with Crippen molar-refractivity contribution >= 4 is 28.7 Å². The Hall–Kier alpha value is -3.34. The number of hydrogen-bond donors (Lipinski definition) is 3. The van der Waals surface area contributed by atoms with Gasteiger partial charge in [-0.15, -0.1) is 0 Å². The van der Waals surface area contributed by atoms with E-state index < -0.39 is 24.5 Å². The van der Waals surface area contributed by atoms with E-state index in [9.17, 15) is 14.4 Å². The number of fused-ring (bicyclic) bond motifs is 1. The van der Waals surface area contributed by atoms with Gasteiger partial charge in [0.25, 0.3) is 5.91 Å². The summed E-state index contributed by atoms with van der Waals surface area (Å²) in [7, 11) is 0. The molecule has 2 aromatic rings. The number of benzene rings is 1. The predicted octanol–water partition coefficient (Wildman–Crippen LogP) is 0.788. The molecular formula is C18H20N4O4. The van der Waals surface area contributed by atoms with E-state index in [0.717, 1.165) is 16.5 Å². The first-order valence-electron chi connectivity index (χ1n) is 8.13. The fourth-order valence-corrected chi connectivity index (χ4v) is 2.51. The summed E-state index contributed by atoms with van der Waals surface area (Å²) >= 11 is 0. The molecule has 0 bridgehead atoms. The molecule has 1 atom stereocenters. The Bertz CT molecular complexity index is 837. The highest BCUT2D eigenvalue weighted by Crippen LogP contribution is 2.19. The van der Waals surface area contributed by atoms with Crippen LogP contribution in [0.2, 0.25) is 0 Å². The average Bonchev–Trinajstić information content (AvgIpc) is 3.02. The van der Waals surface area contributed by atoms with Crippen LogP contribution in [0.25, 0.3) is 10.9 Å². The molecule has 0 saturated heterocycles. The van der Waals surface area contributed by atoms with Gasteiger partial charge < -0.3 is 20.4 Å². The maximum absolute atomic E-state index is 12.3. The summed E-state index contributed by atoms with van der Waals surface area (Å²) in [6.45, 7) is 1.04. The van der Waals surface area contributed by atoms with E-state index in [1.165, 1.54) is 6.92 Å². The third kappa shape index (κ3) is 5.34. The third-order valence-corrected chi connectivity index (χ3v) is 3.67. The predicted molar refractivity (Wildman–Crippen MR) is 93.8 cm³/mol. The van der Waals surface area contributed by atoms with E-state index in [0.29, 0.717) is 0 Å². The summed E-state index contributed by atoms with van der Waals surface area (Å²) in [5.41, 5.74) is 1.78. The molecule has 0 spiro atoms. The molecule has 1 heterocycles. The first kappa shape index (κ1) is 19.0. The van der Waals surface area contributed by atoms with Crippen LogP contribution in [0.1, 0.15) is 18.9 Å². The molecule has 0 aliphatic heterocycles. The zero-order valence-electron chi connectivity index (χ0n) is 14.4. The number of ether oxygens (including phenoxy) is 1. The lowest BCUT2D eigenvalue weighted by Gasteiger charge is -2.16. The lowest BCUT2D eigenvalue weighted by atomic mass is 10.0. The highest BCUT2D eigenvalue weighted by atomic mass is 16.5. The van der Waals surface area contributed by atoms with E-state index in [1.807, 2.05) is 30.3 Å². The van der Waals surface area contributed by atoms with Gasteiger partial charge >= 0.3 is 5.97 Å². The number of nitrogens with one attached hydrogen (secondary N) is 3. The first-order chi connectivity index (χ1) is 12.5. The number of hydrogen-bond acceptors (Lipinski definition) is 5. The van der Waals surface area contributed by atoms with Crippen LogP contribution >= 0.6 is 0 Å². The number of nitriles is 1. The highest BCUT2D eigenvalue weighted by molar-refractivity contribution is 5.88. The van der Waals surface area contributed by atoms with Crippen molar-refractivity contribution in [3.8, 4) is 6.07 Å². The minimum absolute atomic E-state index is 0.175. The van der Waals surface area contributed by atoms with E-state index >= 15 is 0 Å². The summed E-state index contributed by atoms with van der Waals surface area (Å²) in [5.74, 6) is -1.56. The molecule has 0 radical (unpaired) electrons. The first-order valence-corrected chi connectivity index (χ1v) is 8.13. The SMILES string of the molecule is CC(=O)N[C@@H](Cc1c[nH]c2ccccc12)C(=O)OCC(=O)NCCC#N. The van der Waals surface area contributed by atoms with E-state index in [2.05, 4.69) is 15.6 Å². The largest absolute Gasteiger partial charge is 0.454 e. The second kappa shape index (κ2) is 9.22. The van der Waals surface area contributed by atoms with Crippen LogP contribution in [0.5, 0.6) is 0 Å². The topological polar surface area (TPSA) is 124 Å². The van der Waals surface area contributed by atoms with Gasteiger partial charge in [0.2, 0.25) is 5.91 Å². The summed E-state index contributed by atoms with van der Waals surface area (Å²) in [4.78, 5) is 38.4. The Labute approximate surface area is 150 Å². The number of aromatic amines is 1. The van der Waals surface area contributed by atoms with Gasteiger partial charge in [0, 0.05) is 37.0 Å². The molecule has 0 aliphatic rings. The lowest BCUT2D eigenvalue weighted by molar-refractivity contribution is -0.151. The standard InChI is InChI=1S/C18H20N4O4/c1-12(23)22-16(18(25)26-11-17(24)20-8-4-7-19)9-13-10-21-15-6-3-2-5-14(13)15/h2-3,5-6,10,16,21H,4,8-9,11H2,1H3,(H,20,24)(H,22,23)/t16-/m0/s1. The molecule has 136 valence electrons. The number of rotatable bonds is 8. The molecule has 0 unspecified atom stereocenters. The number of amides is 2. The quantitative estimate of drug-likeness (QED) is 0.476. The average molecular weight is 356 g/mol. The second-order valence-electron chi connectivity index (χ2n) is 5.68. The van der Waals surface area contributed by atoms with Crippen molar-refractivity contribution in [1.29, 1.82) is 5.26 Å². The Balaban J connectivity index is 2.00. The van der Waals surface area contributed by atoms with Gasteiger partial charge in [-0.2, -0.15) is 5.26 Å². The van der Waals surface area contributed by atoms with Gasteiger partial charge in [-0.25, -0.2) is 4.79 Å². The molecular weight excluding hydrogens is 336 g/mol. The molecule has 8 nitrogen and oxygen atoms in total. The smallest absolute Gasteiger partial charge is 0.329 e. The van der Waals surface area contributed by atoms with Gasteiger partial charge in [0.1, 0.15) is 6.04 Å². The van der Waals surface area contributed by atoms with Crippen molar-refractivity contribution in [2.24, 2.45) is 0 Å². The molecule has 1 aromatic heterocycles. The molecule has 3 N–H and O–H groups in total. The Morgan fingerprint density at radius 2 is 2.08 bits per heavy atom. The van der Waals surface area contributed by atoms with E-state index in [1.54, 1.807) is 6.20 Å². The fraction of sp³-hybridized carbons (Fsp3) is 0.333. The monoisotopic (exact) mass is 356 g/mol. The minimum Gasteiger partial charge on any atom is -0.454 e. The van der Waals surface area contributed by atoms with Crippen molar-refractivity contribution < 1.29 is 19.1 Å². The molecule has 0 saturated carbocycles. The lowest BCUT2D eigenvalue weighted by Crippen LogP contribution is -2.43.